The van der Waals surface area contributed by atoms with Crippen LogP contribution in [-0.2, 0) is 6.54 Å². The fourth-order valence-corrected chi connectivity index (χ4v) is 2.26. The first kappa shape index (κ1) is 16.9. The van der Waals surface area contributed by atoms with Crippen LogP contribution in [0.3, 0.4) is 0 Å². The predicted octanol–water partition coefficient (Wildman–Crippen LogP) is 3.16. The third-order valence-corrected chi connectivity index (χ3v) is 3.60. The van der Waals surface area contributed by atoms with Crippen LogP contribution in [0.15, 0.2) is 6.20 Å². The Morgan fingerprint density at radius 3 is 2.55 bits per heavy atom. The lowest BCUT2D eigenvalue weighted by molar-refractivity contribution is 0.499. The molecule has 0 spiro atoms. The molecule has 1 atom stereocenters. The average molecular weight is 278 g/mol. The van der Waals surface area contributed by atoms with Crippen LogP contribution in [0.2, 0.25) is 0 Å². The van der Waals surface area contributed by atoms with Crippen molar-refractivity contribution in [2.24, 2.45) is 5.92 Å². The number of rotatable bonds is 8. The number of anilines is 1. The molecule has 0 saturated heterocycles. The summed E-state index contributed by atoms with van der Waals surface area (Å²) in [5.41, 5.74) is 2.26. The van der Waals surface area contributed by atoms with Crippen LogP contribution < -0.4 is 10.2 Å². The highest BCUT2D eigenvalue weighted by atomic mass is 15.2. The van der Waals surface area contributed by atoms with E-state index >= 15 is 0 Å². The summed E-state index contributed by atoms with van der Waals surface area (Å²) < 4.78 is 0. The maximum absolute atomic E-state index is 4.65. The molecule has 1 rings (SSSR count). The number of nitrogens with zero attached hydrogens (tertiary/aromatic N) is 3. The van der Waals surface area contributed by atoms with E-state index in [1.165, 1.54) is 5.56 Å². The van der Waals surface area contributed by atoms with Gasteiger partial charge < -0.3 is 10.2 Å². The molecule has 1 aromatic rings. The minimum atomic E-state index is 0.457. The standard InChI is InChI=1S/C16H30N4/c1-7-8-17-10-15-11-18-16(19-14(15)5)20(6)13(4)9-12(2)3/h11-13,17H,7-10H2,1-6H3. The van der Waals surface area contributed by atoms with Gasteiger partial charge in [-0.25, -0.2) is 9.97 Å². The summed E-state index contributed by atoms with van der Waals surface area (Å²) in [5, 5.41) is 3.40. The van der Waals surface area contributed by atoms with E-state index in [0.29, 0.717) is 12.0 Å². The van der Waals surface area contributed by atoms with Gasteiger partial charge in [-0.05, 0) is 39.2 Å². The average Bonchev–Trinajstić information content (AvgIpc) is 2.39. The van der Waals surface area contributed by atoms with Crippen molar-refractivity contribution in [2.45, 2.75) is 60.0 Å². The fourth-order valence-electron chi connectivity index (χ4n) is 2.26. The Labute approximate surface area is 124 Å². The molecule has 4 heteroatoms. The van der Waals surface area contributed by atoms with Gasteiger partial charge in [-0.15, -0.1) is 0 Å². The summed E-state index contributed by atoms with van der Waals surface area (Å²) >= 11 is 0. The SMILES string of the molecule is CCCNCc1cnc(N(C)C(C)CC(C)C)nc1C. The lowest BCUT2D eigenvalue weighted by atomic mass is 10.0. The second-order valence-electron chi connectivity index (χ2n) is 6.05. The van der Waals surface area contributed by atoms with E-state index in [4.69, 9.17) is 0 Å². The van der Waals surface area contributed by atoms with Crippen molar-refractivity contribution in [1.82, 2.24) is 15.3 Å². The summed E-state index contributed by atoms with van der Waals surface area (Å²) in [4.78, 5) is 11.4. The fraction of sp³-hybridized carbons (Fsp3) is 0.750. The molecule has 0 aliphatic heterocycles. The zero-order valence-corrected chi connectivity index (χ0v) is 13.9. The van der Waals surface area contributed by atoms with Crippen LogP contribution in [0, 0.1) is 12.8 Å². The van der Waals surface area contributed by atoms with Crippen molar-refractivity contribution in [3.05, 3.63) is 17.5 Å². The first-order valence-corrected chi connectivity index (χ1v) is 7.71. The summed E-state index contributed by atoms with van der Waals surface area (Å²) in [6.07, 6.45) is 4.26. The van der Waals surface area contributed by atoms with Crippen molar-refractivity contribution in [3.63, 3.8) is 0 Å². The lowest BCUT2D eigenvalue weighted by Crippen LogP contribution is -2.31. The van der Waals surface area contributed by atoms with Crippen LogP contribution in [0.1, 0.15) is 51.8 Å². The molecule has 1 unspecified atom stereocenters. The zero-order valence-electron chi connectivity index (χ0n) is 13.9. The molecule has 0 fully saturated rings. The van der Waals surface area contributed by atoms with Crippen molar-refractivity contribution in [1.29, 1.82) is 0 Å². The summed E-state index contributed by atoms with van der Waals surface area (Å²) in [6, 6.07) is 0.457. The maximum Gasteiger partial charge on any atom is 0.225 e. The molecule has 0 bridgehead atoms. The lowest BCUT2D eigenvalue weighted by Gasteiger charge is -2.26. The Morgan fingerprint density at radius 2 is 2.00 bits per heavy atom. The van der Waals surface area contributed by atoms with E-state index in [0.717, 1.165) is 37.6 Å². The van der Waals surface area contributed by atoms with Gasteiger partial charge in [0.1, 0.15) is 0 Å². The van der Waals surface area contributed by atoms with E-state index in [-0.39, 0.29) is 0 Å². The minimum absolute atomic E-state index is 0.457. The smallest absolute Gasteiger partial charge is 0.225 e. The Bertz CT molecular complexity index is 403. The normalized spacial score (nSPS) is 12.8. The minimum Gasteiger partial charge on any atom is -0.341 e. The topological polar surface area (TPSA) is 41.1 Å². The van der Waals surface area contributed by atoms with E-state index < -0.39 is 0 Å². The zero-order chi connectivity index (χ0) is 15.1. The molecule has 0 radical (unpaired) electrons. The molecule has 4 nitrogen and oxygen atoms in total. The number of nitrogens with one attached hydrogen (secondary N) is 1. The quantitative estimate of drug-likeness (QED) is 0.742. The van der Waals surface area contributed by atoms with Gasteiger partial charge in [-0.1, -0.05) is 20.8 Å². The first-order valence-electron chi connectivity index (χ1n) is 7.71. The van der Waals surface area contributed by atoms with E-state index in [2.05, 4.69) is 61.9 Å². The second-order valence-corrected chi connectivity index (χ2v) is 6.05. The van der Waals surface area contributed by atoms with E-state index in [1.54, 1.807) is 0 Å². The molecule has 0 aliphatic carbocycles. The highest BCUT2D eigenvalue weighted by Gasteiger charge is 2.14. The second kappa shape index (κ2) is 8.20. The van der Waals surface area contributed by atoms with Gasteiger partial charge in [-0.3, -0.25) is 0 Å². The van der Waals surface area contributed by atoms with Crippen molar-refractivity contribution in [3.8, 4) is 0 Å². The third-order valence-electron chi connectivity index (χ3n) is 3.60. The number of hydrogen-bond donors (Lipinski definition) is 1. The molecular formula is C16H30N4. The number of aryl methyl sites for hydroxylation is 1. The maximum atomic E-state index is 4.65. The number of hydrogen-bond acceptors (Lipinski definition) is 4. The molecule has 0 saturated carbocycles. The summed E-state index contributed by atoms with van der Waals surface area (Å²) in [5.74, 6) is 1.51. The molecule has 0 aromatic carbocycles. The van der Waals surface area contributed by atoms with Crippen molar-refractivity contribution >= 4 is 5.95 Å². The van der Waals surface area contributed by atoms with Crippen molar-refractivity contribution < 1.29 is 0 Å². The van der Waals surface area contributed by atoms with E-state index in [1.807, 2.05) is 6.20 Å². The first-order chi connectivity index (χ1) is 9.45. The number of aromatic nitrogens is 2. The van der Waals surface area contributed by atoms with Crippen LogP contribution in [0.4, 0.5) is 5.95 Å². The molecule has 0 aliphatic rings. The predicted molar refractivity (Wildman–Crippen MR) is 86.1 cm³/mol. The van der Waals surface area contributed by atoms with Crippen LogP contribution in [0.25, 0.3) is 0 Å². The molecule has 20 heavy (non-hydrogen) atoms. The third kappa shape index (κ3) is 5.08. The molecule has 1 aromatic heterocycles. The van der Waals surface area contributed by atoms with Crippen LogP contribution in [-0.4, -0.2) is 29.6 Å². The van der Waals surface area contributed by atoms with Gasteiger partial charge in [0, 0.05) is 37.1 Å². The van der Waals surface area contributed by atoms with Gasteiger partial charge in [0.05, 0.1) is 0 Å². The molecule has 1 N–H and O–H groups in total. The Hall–Kier alpha value is -1.16. The van der Waals surface area contributed by atoms with Gasteiger partial charge in [0.15, 0.2) is 0 Å². The summed E-state index contributed by atoms with van der Waals surface area (Å²) in [6.45, 7) is 12.9. The van der Waals surface area contributed by atoms with Crippen LogP contribution >= 0.6 is 0 Å². The highest BCUT2D eigenvalue weighted by molar-refractivity contribution is 5.33. The van der Waals surface area contributed by atoms with Gasteiger partial charge in [-0.2, -0.15) is 0 Å². The molecular weight excluding hydrogens is 248 g/mol. The highest BCUT2D eigenvalue weighted by Crippen LogP contribution is 2.16. The largest absolute Gasteiger partial charge is 0.341 e. The van der Waals surface area contributed by atoms with Gasteiger partial charge in [0.25, 0.3) is 0 Å². The molecule has 1 heterocycles. The summed E-state index contributed by atoms with van der Waals surface area (Å²) in [7, 11) is 2.08. The Balaban J connectivity index is 2.70. The van der Waals surface area contributed by atoms with Crippen molar-refractivity contribution in [2.75, 3.05) is 18.5 Å². The van der Waals surface area contributed by atoms with Gasteiger partial charge >= 0.3 is 0 Å². The van der Waals surface area contributed by atoms with Gasteiger partial charge in [0.2, 0.25) is 5.95 Å². The Kier molecular flexibility index (Phi) is 6.93. The van der Waals surface area contributed by atoms with Crippen LogP contribution in [0.5, 0.6) is 0 Å². The molecule has 0 amide bonds. The molecule has 114 valence electrons. The Morgan fingerprint density at radius 1 is 1.30 bits per heavy atom. The monoisotopic (exact) mass is 278 g/mol. The van der Waals surface area contributed by atoms with E-state index in [9.17, 15) is 0 Å².